The van der Waals surface area contributed by atoms with E-state index in [-0.39, 0.29) is 24.1 Å². The molecule has 0 aliphatic heterocycles. The normalized spacial score (nSPS) is 12.1. The van der Waals surface area contributed by atoms with Gasteiger partial charge in [-0.25, -0.2) is 0 Å². The summed E-state index contributed by atoms with van der Waals surface area (Å²) >= 11 is 0. The van der Waals surface area contributed by atoms with Gasteiger partial charge in [-0.2, -0.15) is 0 Å². The van der Waals surface area contributed by atoms with E-state index in [4.69, 9.17) is 4.52 Å². The van der Waals surface area contributed by atoms with Crippen LogP contribution >= 0.6 is 0 Å². The van der Waals surface area contributed by atoms with E-state index in [1.807, 2.05) is 50.4 Å². The zero-order valence-corrected chi connectivity index (χ0v) is 18.3. The van der Waals surface area contributed by atoms with Gasteiger partial charge in [0.2, 0.25) is 0 Å². The lowest BCUT2D eigenvalue weighted by molar-refractivity contribution is 0.0963. The number of hydrogen-bond acceptors (Lipinski definition) is 5. The van der Waals surface area contributed by atoms with Crippen LogP contribution in [0.3, 0.4) is 0 Å². The number of amides is 1. The number of rotatable bonds is 6. The average molecular weight is 431 g/mol. The van der Waals surface area contributed by atoms with Gasteiger partial charge < -0.3 is 19.5 Å². The van der Waals surface area contributed by atoms with Gasteiger partial charge in [0.15, 0.2) is 0 Å². The van der Waals surface area contributed by atoms with Crippen LogP contribution in [0.4, 0.5) is 0 Å². The molecule has 32 heavy (non-hydrogen) atoms. The molecule has 164 valence electrons. The third kappa shape index (κ3) is 3.83. The fourth-order valence-corrected chi connectivity index (χ4v) is 4.02. The number of carbonyl (C=O) groups excluding carboxylic acids is 1. The summed E-state index contributed by atoms with van der Waals surface area (Å²) in [5.74, 6) is -0.178. The molecule has 1 amide bonds. The van der Waals surface area contributed by atoms with Crippen molar-refractivity contribution in [3.05, 3.63) is 87.7 Å². The number of benzene rings is 2. The Balaban J connectivity index is 1.86. The Kier molecular flexibility index (Phi) is 5.92. The van der Waals surface area contributed by atoms with Crippen LogP contribution in [-0.2, 0) is 6.42 Å². The third-order valence-electron chi connectivity index (χ3n) is 5.84. The first-order valence-corrected chi connectivity index (χ1v) is 10.5. The van der Waals surface area contributed by atoms with E-state index in [2.05, 4.69) is 10.5 Å². The van der Waals surface area contributed by atoms with Gasteiger partial charge in [-0.3, -0.25) is 9.59 Å². The SMILES string of the molecule is CNC(=O)c1cccc(C(C)n2cc(CCO)c3cc(-c4conc4C)ccc3c2=O)c1. The maximum absolute atomic E-state index is 13.4. The molecule has 2 aromatic heterocycles. The Morgan fingerprint density at radius 1 is 1.22 bits per heavy atom. The summed E-state index contributed by atoms with van der Waals surface area (Å²) in [6.45, 7) is 3.75. The lowest BCUT2D eigenvalue weighted by Crippen LogP contribution is -2.25. The fourth-order valence-electron chi connectivity index (χ4n) is 4.02. The molecule has 4 rings (SSSR count). The lowest BCUT2D eigenvalue weighted by Gasteiger charge is -2.19. The first kappa shape index (κ1) is 21.5. The Bertz CT molecular complexity index is 1350. The Morgan fingerprint density at radius 3 is 2.72 bits per heavy atom. The number of nitrogens with zero attached hydrogens (tertiary/aromatic N) is 2. The standard InChI is InChI=1S/C25H25N3O4/c1-15-23(14-32-27-15)18-7-8-21-22(12-18)20(9-10-29)13-28(25(21)31)16(2)17-5-4-6-19(11-17)24(30)26-3/h4-8,11-14,16,29H,9-10H2,1-3H3,(H,26,30). The number of fused-ring (bicyclic) bond motifs is 1. The summed E-state index contributed by atoms with van der Waals surface area (Å²) in [6, 6.07) is 12.6. The van der Waals surface area contributed by atoms with E-state index < -0.39 is 0 Å². The number of aromatic nitrogens is 2. The highest BCUT2D eigenvalue weighted by Gasteiger charge is 2.17. The van der Waals surface area contributed by atoms with Crippen LogP contribution in [0, 0.1) is 6.92 Å². The number of carbonyl (C=O) groups is 1. The highest BCUT2D eigenvalue weighted by Crippen LogP contribution is 2.28. The van der Waals surface area contributed by atoms with Gasteiger partial charge in [-0.1, -0.05) is 23.4 Å². The van der Waals surface area contributed by atoms with E-state index >= 15 is 0 Å². The van der Waals surface area contributed by atoms with Crippen LogP contribution in [0.1, 0.15) is 40.1 Å². The minimum atomic E-state index is -0.297. The molecule has 1 atom stereocenters. The summed E-state index contributed by atoms with van der Waals surface area (Å²) in [5, 5.41) is 17.6. The topological polar surface area (TPSA) is 97.4 Å². The molecule has 0 radical (unpaired) electrons. The van der Waals surface area contributed by atoms with Crippen LogP contribution in [-0.4, -0.2) is 34.4 Å². The van der Waals surface area contributed by atoms with Crippen molar-refractivity contribution in [2.24, 2.45) is 0 Å². The molecule has 1 unspecified atom stereocenters. The number of aliphatic hydroxyl groups is 1. The van der Waals surface area contributed by atoms with Gasteiger partial charge in [0.1, 0.15) is 6.26 Å². The molecule has 7 nitrogen and oxygen atoms in total. The van der Waals surface area contributed by atoms with Crippen molar-refractivity contribution in [2.45, 2.75) is 26.3 Å². The second-order valence-electron chi connectivity index (χ2n) is 7.79. The second-order valence-corrected chi connectivity index (χ2v) is 7.79. The summed E-state index contributed by atoms with van der Waals surface area (Å²) in [4.78, 5) is 25.5. The summed E-state index contributed by atoms with van der Waals surface area (Å²) in [5.41, 5.74) is 4.66. The van der Waals surface area contributed by atoms with Gasteiger partial charge >= 0.3 is 0 Å². The molecule has 0 aliphatic carbocycles. The Labute approximate surface area is 185 Å². The van der Waals surface area contributed by atoms with Crippen molar-refractivity contribution in [2.75, 3.05) is 13.7 Å². The predicted octanol–water partition coefficient (Wildman–Crippen LogP) is 3.47. The highest BCUT2D eigenvalue weighted by atomic mass is 16.5. The molecular formula is C25H25N3O4. The highest BCUT2D eigenvalue weighted by molar-refractivity contribution is 5.94. The number of pyridine rings is 1. The molecular weight excluding hydrogens is 406 g/mol. The van der Waals surface area contributed by atoms with Crippen molar-refractivity contribution in [1.82, 2.24) is 15.0 Å². The lowest BCUT2D eigenvalue weighted by atomic mass is 9.98. The minimum Gasteiger partial charge on any atom is -0.396 e. The summed E-state index contributed by atoms with van der Waals surface area (Å²) < 4.78 is 6.73. The van der Waals surface area contributed by atoms with Crippen LogP contribution in [0.15, 0.2) is 64.2 Å². The largest absolute Gasteiger partial charge is 0.396 e. The van der Waals surface area contributed by atoms with Crippen molar-refractivity contribution in [3.8, 4) is 11.1 Å². The molecule has 0 bridgehead atoms. The van der Waals surface area contributed by atoms with Crippen LogP contribution < -0.4 is 10.9 Å². The molecule has 4 aromatic rings. The van der Waals surface area contributed by atoms with Gasteiger partial charge in [-0.15, -0.1) is 0 Å². The fraction of sp³-hybridized carbons (Fsp3) is 0.240. The molecule has 7 heteroatoms. The molecule has 0 saturated carbocycles. The smallest absolute Gasteiger partial charge is 0.258 e. The van der Waals surface area contributed by atoms with Crippen molar-refractivity contribution in [1.29, 1.82) is 0 Å². The maximum Gasteiger partial charge on any atom is 0.258 e. The van der Waals surface area contributed by atoms with Gasteiger partial charge in [0.05, 0.1) is 11.7 Å². The van der Waals surface area contributed by atoms with E-state index in [1.165, 1.54) is 0 Å². The quantitative estimate of drug-likeness (QED) is 0.487. The number of nitrogens with one attached hydrogen (secondary N) is 1. The predicted molar refractivity (Wildman–Crippen MR) is 123 cm³/mol. The molecule has 0 spiro atoms. The molecule has 2 N–H and O–H groups in total. The van der Waals surface area contributed by atoms with E-state index in [0.717, 1.165) is 33.3 Å². The average Bonchev–Trinajstić information content (AvgIpc) is 3.25. The number of aliphatic hydroxyl groups excluding tert-OH is 1. The zero-order valence-electron chi connectivity index (χ0n) is 18.3. The molecule has 2 aromatic carbocycles. The van der Waals surface area contributed by atoms with E-state index in [1.54, 1.807) is 30.0 Å². The molecule has 0 saturated heterocycles. The van der Waals surface area contributed by atoms with E-state index in [9.17, 15) is 14.7 Å². The van der Waals surface area contributed by atoms with Gasteiger partial charge in [0, 0.05) is 36.4 Å². The zero-order chi connectivity index (χ0) is 22.8. The van der Waals surface area contributed by atoms with Gasteiger partial charge in [0.25, 0.3) is 11.5 Å². The third-order valence-corrected chi connectivity index (χ3v) is 5.84. The number of hydrogen-bond donors (Lipinski definition) is 2. The monoisotopic (exact) mass is 431 g/mol. The molecule has 0 fully saturated rings. The molecule has 2 heterocycles. The number of aryl methyl sites for hydroxylation is 1. The van der Waals surface area contributed by atoms with Crippen molar-refractivity contribution < 1.29 is 14.4 Å². The van der Waals surface area contributed by atoms with Crippen molar-refractivity contribution >= 4 is 16.7 Å². The second kappa shape index (κ2) is 8.80. The Hall–Kier alpha value is -3.71. The van der Waals surface area contributed by atoms with Crippen molar-refractivity contribution in [3.63, 3.8) is 0 Å². The summed E-state index contributed by atoms with van der Waals surface area (Å²) in [7, 11) is 1.59. The van der Waals surface area contributed by atoms with Gasteiger partial charge in [-0.05, 0) is 66.6 Å². The summed E-state index contributed by atoms with van der Waals surface area (Å²) in [6.07, 6.45) is 3.81. The molecule has 0 aliphatic rings. The van der Waals surface area contributed by atoms with E-state index in [0.29, 0.717) is 17.4 Å². The first-order valence-electron chi connectivity index (χ1n) is 10.5. The van der Waals surface area contributed by atoms with Crippen LogP contribution in [0.2, 0.25) is 0 Å². The minimum absolute atomic E-state index is 0.0373. The van der Waals surface area contributed by atoms with Crippen LogP contribution in [0.25, 0.3) is 21.9 Å². The van der Waals surface area contributed by atoms with Crippen LogP contribution in [0.5, 0.6) is 0 Å². The Morgan fingerprint density at radius 2 is 2.03 bits per heavy atom. The first-order chi connectivity index (χ1) is 15.4. The maximum atomic E-state index is 13.4.